The van der Waals surface area contributed by atoms with E-state index in [4.69, 9.17) is 0 Å². The summed E-state index contributed by atoms with van der Waals surface area (Å²) in [6, 6.07) is 0.704. The minimum Gasteiger partial charge on any atom is -0.318 e. The molecule has 1 fully saturated rings. The van der Waals surface area contributed by atoms with E-state index in [1.807, 2.05) is 14.1 Å². The summed E-state index contributed by atoms with van der Waals surface area (Å²) in [6.07, 6.45) is 7.54. The Kier molecular flexibility index (Phi) is 5.88. The molecule has 15 heavy (non-hydrogen) atoms. The van der Waals surface area contributed by atoms with Crippen LogP contribution in [0.15, 0.2) is 4.99 Å². The number of hydrogen-bond acceptors (Lipinski definition) is 3. The smallest absolute Gasteiger partial charge is 0.0273 e. The zero-order chi connectivity index (χ0) is 11.1. The maximum atomic E-state index is 4.20. The Balaban J connectivity index is 2.47. The van der Waals surface area contributed by atoms with Crippen LogP contribution in [-0.4, -0.2) is 51.4 Å². The van der Waals surface area contributed by atoms with Gasteiger partial charge < -0.3 is 15.2 Å². The average Bonchev–Trinajstić information content (AvgIpc) is 2.27. The Bertz CT molecular complexity index is 191. The van der Waals surface area contributed by atoms with Gasteiger partial charge in [0.2, 0.25) is 0 Å². The van der Waals surface area contributed by atoms with Gasteiger partial charge >= 0.3 is 0 Å². The number of nitrogens with one attached hydrogen (secondary N) is 1. The van der Waals surface area contributed by atoms with Crippen LogP contribution in [0, 0.1) is 5.92 Å². The molecular formula is C12H25N3. The van der Waals surface area contributed by atoms with Crippen molar-refractivity contribution in [1.82, 2.24) is 10.2 Å². The summed E-state index contributed by atoms with van der Waals surface area (Å²) < 4.78 is 0. The molecule has 0 heterocycles. The van der Waals surface area contributed by atoms with Crippen LogP contribution in [0.4, 0.5) is 0 Å². The fourth-order valence-corrected chi connectivity index (χ4v) is 2.51. The third-order valence-corrected chi connectivity index (χ3v) is 3.40. The first-order chi connectivity index (χ1) is 7.29. The zero-order valence-corrected chi connectivity index (χ0v) is 10.4. The second kappa shape index (κ2) is 6.96. The molecule has 0 aromatic heterocycles. The summed E-state index contributed by atoms with van der Waals surface area (Å²) in [5, 5.41) is 3.21. The number of nitrogens with zero attached hydrogens (tertiary/aromatic N) is 2. The summed E-state index contributed by atoms with van der Waals surface area (Å²) in [4.78, 5) is 6.69. The molecule has 1 rings (SSSR count). The highest BCUT2D eigenvalue weighted by Crippen LogP contribution is 2.26. The zero-order valence-electron chi connectivity index (χ0n) is 10.4. The van der Waals surface area contributed by atoms with Gasteiger partial charge in [-0.25, -0.2) is 0 Å². The van der Waals surface area contributed by atoms with Crippen molar-refractivity contribution < 1.29 is 0 Å². The number of hydrogen-bond donors (Lipinski definition) is 1. The summed E-state index contributed by atoms with van der Waals surface area (Å²) in [7, 11) is 6.14. The predicted octanol–water partition coefficient (Wildman–Crippen LogP) is 1.40. The van der Waals surface area contributed by atoms with E-state index in [9.17, 15) is 0 Å². The summed E-state index contributed by atoms with van der Waals surface area (Å²) in [6.45, 7) is 2.21. The lowest BCUT2D eigenvalue weighted by Gasteiger charge is -2.36. The van der Waals surface area contributed by atoms with Crippen LogP contribution in [0.1, 0.15) is 25.7 Å². The van der Waals surface area contributed by atoms with Gasteiger partial charge in [0, 0.05) is 38.3 Å². The first-order valence-corrected chi connectivity index (χ1v) is 6.06. The van der Waals surface area contributed by atoms with Crippen molar-refractivity contribution in [2.24, 2.45) is 10.9 Å². The first kappa shape index (κ1) is 12.7. The highest BCUT2D eigenvalue weighted by molar-refractivity contribution is 5.61. The molecular weight excluding hydrogens is 186 g/mol. The van der Waals surface area contributed by atoms with Gasteiger partial charge in [0.05, 0.1) is 0 Å². The maximum Gasteiger partial charge on any atom is 0.0273 e. The van der Waals surface area contributed by atoms with Gasteiger partial charge in [-0.05, 0) is 26.9 Å². The minimum absolute atomic E-state index is 0.672. The molecule has 1 unspecified atom stereocenters. The Morgan fingerprint density at radius 1 is 1.40 bits per heavy atom. The minimum atomic E-state index is 0.672. The van der Waals surface area contributed by atoms with Crippen molar-refractivity contribution in [2.45, 2.75) is 31.7 Å². The highest BCUT2D eigenvalue weighted by atomic mass is 15.1. The predicted molar refractivity (Wildman–Crippen MR) is 66.7 cm³/mol. The molecule has 2 atom stereocenters. The molecule has 0 saturated heterocycles. The van der Waals surface area contributed by atoms with E-state index in [1.54, 1.807) is 0 Å². The second-order valence-electron chi connectivity index (χ2n) is 4.51. The van der Waals surface area contributed by atoms with Gasteiger partial charge in [-0.15, -0.1) is 0 Å². The van der Waals surface area contributed by atoms with Crippen LogP contribution in [0.5, 0.6) is 0 Å². The molecule has 0 bridgehead atoms. The molecule has 3 heteroatoms. The van der Waals surface area contributed by atoms with Crippen LogP contribution >= 0.6 is 0 Å². The number of aliphatic imine (C=N–C) groups is 1. The molecule has 1 saturated carbocycles. The van der Waals surface area contributed by atoms with Crippen molar-refractivity contribution in [3.05, 3.63) is 0 Å². The average molecular weight is 211 g/mol. The topological polar surface area (TPSA) is 27.6 Å². The molecule has 0 aromatic rings. The van der Waals surface area contributed by atoms with Gasteiger partial charge in [-0.2, -0.15) is 0 Å². The molecule has 0 aromatic carbocycles. The fourth-order valence-electron chi connectivity index (χ4n) is 2.51. The molecule has 1 aliphatic carbocycles. The van der Waals surface area contributed by atoms with Gasteiger partial charge in [-0.3, -0.25) is 0 Å². The van der Waals surface area contributed by atoms with Gasteiger partial charge in [0.1, 0.15) is 0 Å². The van der Waals surface area contributed by atoms with Crippen LogP contribution in [0.25, 0.3) is 0 Å². The van der Waals surface area contributed by atoms with E-state index in [1.165, 1.54) is 25.7 Å². The van der Waals surface area contributed by atoms with Crippen molar-refractivity contribution in [1.29, 1.82) is 0 Å². The molecule has 0 amide bonds. The van der Waals surface area contributed by atoms with E-state index in [0.29, 0.717) is 12.0 Å². The van der Waals surface area contributed by atoms with Crippen LogP contribution in [-0.2, 0) is 0 Å². The third-order valence-electron chi connectivity index (χ3n) is 3.40. The third kappa shape index (κ3) is 3.92. The van der Waals surface area contributed by atoms with Crippen molar-refractivity contribution >= 4 is 6.21 Å². The van der Waals surface area contributed by atoms with E-state index in [2.05, 4.69) is 28.5 Å². The van der Waals surface area contributed by atoms with Crippen molar-refractivity contribution in [3.8, 4) is 0 Å². The van der Waals surface area contributed by atoms with Crippen LogP contribution < -0.4 is 5.32 Å². The lowest BCUT2D eigenvalue weighted by Crippen LogP contribution is -2.43. The van der Waals surface area contributed by atoms with E-state index < -0.39 is 0 Å². The Morgan fingerprint density at radius 3 is 2.80 bits per heavy atom. The highest BCUT2D eigenvalue weighted by Gasteiger charge is 2.26. The fraction of sp³-hybridized carbons (Fsp3) is 0.917. The monoisotopic (exact) mass is 211 g/mol. The summed E-state index contributed by atoms with van der Waals surface area (Å²) in [5.74, 6) is 0.672. The van der Waals surface area contributed by atoms with Gasteiger partial charge in [0.15, 0.2) is 0 Å². The van der Waals surface area contributed by atoms with Crippen LogP contribution in [0.3, 0.4) is 0 Å². The Labute approximate surface area is 94.0 Å². The van der Waals surface area contributed by atoms with Crippen LogP contribution in [0.2, 0.25) is 0 Å². The normalized spacial score (nSPS) is 27.7. The molecule has 88 valence electrons. The largest absolute Gasteiger partial charge is 0.318 e. The Morgan fingerprint density at radius 2 is 2.13 bits per heavy atom. The molecule has 0 aliphatic heterocycles. The second-order valence-corrected chi connectivity index (χ2v) is 4.51. The first-order valence-electron chi connectivity index (χ1n) is 6.06. The Hall–Kier alpha value is -0.410. The number of rotatable bonds is 5. The van der Waals surface area contributed by atoms with Crippen molar-refractivity contribution in [3.63, 3.8) is 0 Å². The van der Waals surface area contributed by atoms with E-state index >= 15 is 0 Å². The quantitative estimate of drug-likeness (QED) is 0.696. The SMILES string of the molecule is C/N=C/C1CCCC[C@@H]1N(C)CCNC. The van der Waals surface area contributed by atoms with Gasteiger partial charge in [0.25, 0.3) is 0 Å². The molecule has 3 nitrogen and oxygen atoms in total. The standard InChI is InChI=1S/C12H25N3/c1-13-8-9-15(3)12-7-5-4-6-11(12)10-14-2/h10-13H,4-9H2,1-3H3/b14-10+/t11?,12-/m0/s1. The van der Waals surface area contributed by atoms with E-state index in [0.717, 1.165) is 13.1 Å². The molecule has 0 spiro atoms. The lowest BCUT2D eigenvalue weighted by molar-refractivity contribution is 0.166. The molecule has 1 N–H and O–H groups in total. The lowest BCUT2D eigenvalue weighted by atomic mass is 9.84. The van der Waals surface area contributed by atoms with E-state index in [-0.39, 0.29) is 0 Å². The summed E-state index contributed by atoms with van der Waals surface area (Å²) >= 11 is 0. The molecule has 0 radical (unpaired) electrons. The maximum absolute atomic E-state index is 4.20. The van der Waals surface area contributed by atoms with Gasteiger partial charge in [-0.1, -0.05) is 12.8 Å². The molecule has 1 aliphatic rings. The van der Waals surface area contributed by atoms with Crippen molar-refractivity contribution in [2.75, 3.05) is 34.2 Å². The summed E-state index contributed by atoms with van der Waals surface area (Å²) in [5.41, 5.74) is 0. The number of likely N-dealkylation sites (N-methyl/N-ethyl adjacent to an activating group) is 2.